The summed E-state index contributed by atoms with van der Waals surface area (Å²) in [6, 6.07) is 0. The Morgan fingerprint density at radius 2 is 1.19 bits per heavy atom. The van der Waals surface area contributed by atoms with E-state index in [0.717, 1.165) is 44.9 Å². The van der Waals surface area contributed by atoms with Gasteiger partial charge >= 0.3 is 11.9 Å². The van der Waals surface area contributed by atoms with E-state index in [1.54, 1.807) is 0 Å². The maximum Gasteiger partial charge on any atom is 0.342 e. The fourth-order valence-corrected chi connectivity index (χ4v) is 4.63. The van der Waals surface area contributed by atoms with Gasteiger partial charge in [0.15, 0.2) is 0 Å². The number of hydrogen-bond acceptors (Lipinski definition) is 6. The highest BCUT2D eigenvalue weighted by molar-refractivity contribution is 5.69. The Hall–Kier alpha value is -1.14. The average molecular weight is 443 g/mol. The van der Waals surface area contributed by atoms with E-state index in [9.17, 15) is 9.59 Å². The first kappa shape index (κ1) is 27.9. The van der Waals surface area contributed by atoms with E-state index in [0.29, 0.717) is 25.7 Å². The van der Waals surface area contributed by atoms with Crippen LogP contribution in [-0.4, -0.2) is 17.7 Å². The van der Waals surface area contributed by atoms with Crippen molar-refractivity contribution in [3.05, 3.63) is 0 Å². The standard InChI is InChI=1S/C25H46O6/c1-6-8-10-12-14-16-22(26)28-30-25(19-21(3)18-24(4,5)20-25)31-29-23(27)17-15-13-11-9-7-2/h21H,6-20H2,1-5H3. The zero-order valence-corrected chi connectivity index (χ0v) is 20.6. The van der Waals surface area contributed by atoms with Gasteiger partial charge in [-0.1, -0.05) is 86.0 Å². The van der Waals surface area contributed by atoms with Gasteiger partial charge in [0.05, 0.1) is 0 Å². The van der Waals surface area contributed by atoms with Crippen molar-refractivity contribution in [2.75, 3.05) is 0 Å². The van der Waals surface area contributed by atoms with E-state index in [4.69, 9.17) is 19.6 Å². The van der Waals surface area contributed by atoms with Gasteiger partial charge in [0.2, 0.25) is 0 Å². The summed E-state index contributed by atoms with van der Waals surface area (Å²) in [4.78, 5) is 45.7. The summed E-state index contributed by atoms with van der Waals surface area (Å²) < 4.78 is 0. The Bertz CT molecular complexity index is 486. The van der Waals surface area contributed by atoms with E-state index in [1.165, 1.54) is 25.7 Å². The van der Waals surface area contributed by atoms with Crippen LogP contribution in [0.25, 0.3) is 0 Å². The van der Waals surface area contributed by atoms with Gasteiger partial charge in [0, 0.05) is 25.7 Å². The molecule has 1 atom stereocenters. The molecule has 6 heteroatoms. The lowest BCUT2D eigenvalue weighted by atomic mass is 9.70. The molecule has 0 spiro atoms. The third-order valence-corrected chi connectivity index (χ3v) is 5.85. The largest absolute Gasteiger partial charge is 0.342 e. The maximum atomic E-state index is 12.2. The monoisotopic (exact) mass is 442 g/mol. The van der Waals surface area contributed by atoms with Crippen LogP contribution in [0.15, 0.2) is 0 Å². The van der Waals surface area contributed by atoms with Crippen LogP contribution in [0.1, 0.15) is 131 Å². The van der Waals surface area contributed by atoms with Gasteiger partial charge in [-0.25, -0.2) is 9.59 Å². The molecule has 1 aliphatic carbocycles. The molecular weight excluding hydrogens is 396 g/mol. The molecule has 1 saturated carbocycles. The molecule has 6 nitrogen and oxygen atoms in total. The summed E-state index contributed by atoms with van der Waals surface area (Å²) in [6.45, 7) is 10.7. The number of carbonyl (C=O) groups is 2. The molecule has 0 N–H and O–H groups in total. The van der Waals surface area contributed by atoms with Crippen LogP contribution in [0.3, 0.4) is 0 Å². The van der Waals surface area contributed by atoms with Crippen LogP contribution in [0.2, 0.25) is 0 Å². The smallest absolute Gasteiger partial charge is 0.295 e. The molecular formula is C25H46O6. The van der Waals surface area contributed by atoms with E-state index in [1.807, 2.05) is 0 Å². The Morgan fingerprint density at radius 3 is 1.61 bits per heavy atom. The lowest BCUT2D eigenvalue weighted by Gasteiger charge is -2.43. The van der Waals surface area contributed by atoms with Crippen LogP contribution in [0.5, 0.6) is 0 Å². The predicted octanol–water partition coefficient (Wildman–Crippen LogP) is 7.20. The molecule has 1 rings (SSSR count). The van der Waals surface area contributed by atoms with E-state index in [2.05, 4.69) is 34.6 Å². The first-order chi connectivity index (χ1) is 14.7. The third-order valence-electron chi connectivity index (χ3n) is 5.85. The summed E-state index contributed by atoms with van der Waals surface area (Å²) in [5.74, 6) is -1.78. The highest BCUT2D eigenvalue weighted by Crippen LogP contribution is 2.46. The summed E-state index contributed by atoms with van der Waals surface area (Å²) >= 11 is 0. The van der Waals surface area contributed by atoms with Gasteiger partial charge in [0.1, 0.15) is 0 Å². The van der Waals surface area contributed by atoms with Crippen molar-refractivity contribution in [2.24, 2.45) is 11.3 Å². The molecule has 1 fully saturated rings. The topological polar surface area (TPSA) is 71.1 Å². The number of carbonyl (C=O) groups excluding carboxylic acids is 2. The zero-order valence-electron chi connectivity index (χ0n) is 20.6. The highest BCUT2D eigenvalue weighted by Gasteiger charge is 2.49. The third kappa shape index (κ3) is 12.5. The fraction of sp³-hybridized carbons (Fsp3) is 0.920. The van der Waals surface area contributed by atoms with Crippen LogP contribution >= 0.6 is 0 Å². The first-order valence-electron chi connectivity index (χ1n) is 12.5. The summed E-state index contributed by atoms with van der Waals surface area (Å²) in [6.07, 6.45) is 13.1. The van der Waals surface area contributed by atoms with E-state index in [-0.39, 0.29) is 11.3 Å². The Morgan fingerprint density at radius 1 is 0.742 bits per heavy atom. The van der Waals surface area contributed by atoms with Crippen LogP contribution in [0, 0.1) is 11.3 Å². The van der Waals surface area contributed by atoms with Gasteiger partial charge in [-0.2, -0.15) is 0 Å². The Labute approximate surface area is 189 Å². The van der Waals surface area contributed by atoms with Crippen molar-refractivity contribution in [3.63, 3.8) is 0 Å². The van der Waals surface area contributed by atoms with Gasteiger partial charge in [-0.05, 0) is 30.6 Å². The van der Waals surface area contributed by atoms with Crippen LogP contribution in [-0.2, 0) is 29.1 Å². The number of unbranched alkanes of at least 4 members (excludes halogenated alkanes) is 8. The second kappa shape index (κ2) is 14.8. The van der Waals surface area contributed by atoms with Gasteiger partial charge < -0.3 is 0 Å². The lowest BCUT2D eigenvalue weighted by Crippen LogP contribution is -2.47. The van der Waals surface area contributed by atoms with E-state index >= 15 is 0 Å². The average Bonchev–Trinajstić information content (AvgIpc) is 2.69. The molecule has 1 aliphatic rings. The quantitative estimate of drug-likeness (QED) is 0.109. The summed E-state index contributed by atoms with van der Waals surface area (Å²) in [5, 5.41) is 0. The molecule has 0 radical (unpaired) electrons. The molecule has 0 saturated heterocycles. The molecule has 0 bridgehead atoms. The SMILES string of the molecule is CCCCCCCC(=O)OOC1(OOC(=O)CCCCCCC)CC(C)CC(C)(C)C1. The molecule has 0 aromatic rings. The predicted molar refractivity (Wildman–Crippen MR) is 121 cm³/mol. The molecule has 0 heterocycles. The molecule has 182 valence electrons. The van der Waals surface area contributed by atoms with Crippen molar-refractivity contribution in [3.8, 4) is 0 Å². The minimum absolute atomic E-state index is 0.0865. The minimum Gasteiger partial charge on any atom is -0.295 e. The second-order valence-corrected chi connectivity index (χ2v) is 10.2. The summed E-state index contributed by atoms with van der Waals surface area (Å²) in [7, 11) is 0. The zero-order chi connectivity index (χ0) is 23.2. The molecule has 31 heavy (non-hydrogen) atoms. The maximum absolute atomic E-state index is 12.2. The first-order valence-corrected chi connectivity index (χ1v) is 12.5. The van der Waals surface area contributed by atoms with Crippen molar-refractivity contribution in [1.82, 2.24) is 0 Å². The number of hydrogen-bond donors (Lipinski definition) is 0. The van der Waals surface area contributed by atoms with E-state index < -0.39 is 17.7 Å². The molecule has 1 unspecified atom stereocenters. The Kier molecular flexibility index (Phi) is 13.3. The van der Waals surface area contributed by atoms with Crippen molar-refractivity contribution < 1.29 is 29.1 Å². The normalized spacial score (nSPS) is 19.7. The Balaban J connectivity index is 2.55. The van der Waals surface area contributed by atoms with Crippen LogP contribution < -0.4 is 0 Å². The molecule has 0 amide bonds. The van der Waals surface area contributed by atoms with Crippen molar-refractivity contribution in [2.45, 2.75) is 137 Å². The second-order valence-electron chi connectivity index (χ2n) is 10.2. The highest BCUT2D eigenvalue weighted by atomic mass is 17.3. The number of rotatable bonds is 16. The molecule has 0 aromatic carbocycles. The van der Waals surface area contributed by atoms with Crippen LogP contribution in [0.4, 0.5) is 0 Å². The minimum atomic E-state index is -1.25. The molecule has 0 aliphatic heterocycles. The van der Waals surface area contributed by atoms with Crippen molar-refractivity contribution >= 4 is 11.9 Å². The fourth-order valence-electron chi connectivity index (χ4n) is 4.63. The lowest BCUT2D eigenvalue weighted by molar-refractivity contribution is -0.494. The van der Waals surface area contributed by atoms with Gasteiger partial charge in [-0.15, -0.1) is 9.78 Å². The van der Waals surface area contributed by atoms with Crippen molar-refractivity contribution in [1.29, 1.82) is 0 Å². The summed E-state index contributed by atoms with van der Waals surface area (Å²) in [5.41, 5.74) is -0.0865. The van der Waals surface area contributed by atoms with Gasteiger partial charge in [0.25, 0.3) is 5.79 Å². The van der Waals surface area contributed by atoms with Gasteiger partial charge in [-0.3, -0.25) is 9.78 Å². The molecule has 0 aromatic heterocycles.